The molecule has 0 saturated heterocycles. The summed E-state index contributed by atoms with van der Waals surface area (Å²) in [6, 6.07) is 6.27. The van der Waals surface area contributed by atoms with Crippen molar-refractivity contribution in [1.82, 2.24) is 10.3 Å². The molecule has 0 bridgehead atoms. The number of benzene rings is 1. The van der Waals surface area contributed by atoms with Gasteiger partial charge in [0.1, 0.15) is 23.0 Å². The number of pyridine rings is 1. The number of primary amides is 1. The Hall–Kier alpha value is -3.56. The molecule has 0 unspecified atom stereocenters. The second kappa shape index (κ2) is 15.5. The average Bonchev–Trinajstić information content (AvgIpc) is 2.80. The predicted octanol–water partition coefficient (Wildman–Crippen LogP) is 5.94. The number of carbonyl (C=O) groups excluding carboxylic acids is 3. The molecular formula is C27H37F2N3O5. The van der Waals surface area contributed by atoms with E-state index in [0.717, 1.165) is 18.2 Å². The number of ketones is 1. The van der Waals surface area contributed by atoms with Gasteiger partial charge in [-0.3, -0.25) is 9.59 Å². The van der Waals surface area contributed by atoms with E-state index in [1.54, 1.807) is 20.8 Å². The van der Waals surface area contributed by atoms with Crippen LogP contribution in [0, 0.1) is 17.6 Å². The molecular weight excluding hydrogens is 484 g/mol. The van der Waals surface area contributed by atoms with Gasteiger partial charge in [0.05, 0.1) is 18.3 Å². The lowest BCUT2D eigenvalue weighted by Gasteiger charge is -2.19. The second-order valence-electron chi connectivity index (χ2n) is 9.68. The standard InChI is InChI=1S/C13H9F2NO2.C7H14N2O3.C7H14/c1-8(17)12-6-10(15)7-16-13(12)18-11-4-2-9(14)3-5-11;1-7(2,3)12-6(11)9-4-5(8)10;1-7-5-3-2-4-6-7/h2-7H,1H3;4H2,1-3H3,(H2,8,10)(H,9,11);7H,2-6H2,1H3. The van der Waals surface area contributed by atoms with Gasteiger partial charge in [-0.1, -0.05) is 39.0 Å². The van der Waals surface area contributed by atoms with Gasteiger partial charge < -0.3 is 20.5 Å². The van der Waals surface area contributed by atoms with Crippen molar-refractivity contribution < 1.29 is 32.6 Å². The summed E-state index contributed by atoms with van der Waals surface area (Å²) in [5.74, 6) is -0.630. The van der Waals surface area contributed by atoms with Crippen LogP contribution >= 0.6 is 0 Å². The number of halogens is 2. The first-order valence-electron chi connectivity index (χ1n) is 12.1. The van der Waals surface area contributed by atoms with Crippen molar-refractivity contribution in [2.75, 3.05) is 6.54 Å². The van der Waals surface area contributed by atoms with Gasteiger partial charge in [-0.2, -0.15) is 0 Å². The summed E-state index contributed by atoms with van der Waals surface area (Å²) in [4.78, 5) is 36.1. The number of rotatable bonds is 5. The maximum absolute atomic E-state index is 13.0. The van der Waals surface area contributed by atoms with Crippen LogP contribution in [0.2, 0.25) is 0 Å². The number of nitrogens with zero attached hydrogens (tertiary/aromatic N) is 1. The van der Waals surface area contributed by atoms with Crippen molar-refractivity contribution in [3.8, 4) is 11.6 Å². The van der Waals surface area contributed by atoms with Crippen LogP contribution in [0.5, 0.6) is 11.6 Å². The summed E-state index contributed by atoms with van der Waals surface area (Å²) in [6.07, 6.45) is 7.75. The maximum atomic E-state index is 13.0. The van der Waals surface area contributed by atoms with Crippen LogP contribution in [-0.4, -0.2) is 34.9 Å². The highest BCUT2D eigenvalue weighted by molar-refractivity contribution is 5.96. The zero-order valence-corrected chi connectivity index (χ0v) is 22.1. The molecule has 2 amide bonds. The molecule has 0 radical (unpaired) electrons. The average molecular weight is 522 g/mol. The number of ether oxygens (including phenoxy) is 2. The highest BCUT2D eigenvalue weighted by Gasteiger charge is 2.16. The highest BCUT2D eigenvalue weighted by atomic mass is 19.1. The maximum Gasteiger partial charge on any atom is 0.408 e. The zero-order chi connectivity index (χ0) is 28.0. The van der Waals surface area contributed by atoms with Crippen molar-refractivity contribution in [2.45, 2.75) is 72.3 Å². The van der Waals surface area contributed by atoms with Crippen molar-refractivity contribution in [3.05, 3.63) is 53.7 Å². The monoisotopic (exact) mass is 521 g/mol. The SMILES string of the molecule is CC(=O)c1cc(F)cnc1Oc1ccc(F)cc1.CC(C)(C)OC(=O)NCC(N)=O.CC1CCCCC1. The van der Waals surface area contributed by atoms with E-state index in [1.807, 2.05) is 0 Å². The van der Waals surface area contributed by atoms with Crippen molar-refractivity contribution in [1.29, 1.82) is 0 Å². The summed E-state index contributed by atoms with van der Waals surface area (Å²) < 4.78 is 35.8. The Balaban J connectivity index is 0.000000310. The molecule has 3 N–H and O–H groups in total. The third-order valence-corrected chi connectivity index (χ3v) is 4.92. The molecule has 3 rings (SSSR count). The van der Waals surface area contributed by atoms with Gasteiger partial charge in [-0.05, 0) is 63.9 Å². The summed E-state index contributed by atoms with van der Waals surface area (Å²) in [5, 5.41) is 2.20. The lowest BCUT2D eigenvalue weighted by atomic mass is 9.91. The first-order valence-corrected chi connectivity index (χ1v) is 12.1. The van der Waals surface area contributed by atoms with Gasteiger partial charge in [0.15, 0.2) is 5.78 Å². The fraction of sp³-hybridized carbons (Fsp3) is 0.481. The Morgan fingerprint density at radius 3 is 2.11 bits per heavy atom. The Bertz CT molecular complexity index is 1020. The molecule has 8 nitrogen and oxygen atoms in total. The van der Waals surface area contributed by atoms with Crippen LogP contribution in [0.1, 0.15) is 77.1 Å². The minimum absolute atomic E-state index is 0.00416. The van der Waals surface area contributed by atoms with Crippen LogP contribution in [-0.2, 0) is 9.53 Å². The van der Waals surface area contributed by atoms with Crippen molar-refractivity contribution in [2.24, 2.45) is 11.7 Å². The molecule has 10 heteroatoms. The fourth-order valence-corrected chi connectivity index (χ4v) is 3.15. The first kappa shape index (κ1) is 31.5. The molecule has 0 spiro atoms. The molecule has 0 atom stereocenters. The second-order valence-corrected chi connectivity index (χ2v) is 9.68. The summed E-state index contributed by atoms with van der Waals surface area (Å²) in [7, 11) is 0. The molecule has 1 aromatic carbocycles. The third kappa shape index (κ3) is 14.6. The van der Waals surface area contributed by atoms with Gasteiger partial charge in [0.25, 0.3) is 0 Å². The summed E-state index contributed by atoms with van der Waals surface area (Å²) >= 11 is 0. The van der Waals surface area contributed by atoms with Crippen molar-refractivity contribution >= 4 is 17.8 Å². The minimum Gasteiger partial charge on any atom is -0.444 e. The van der Waals surface area contributed by atoms with E-state index in [9.17, 15) is 23.2 Å². The number of amides is 2. The Morgan fingerprint density at radius 1 is 1.05 bits per heavy atom. The van der Waals surface area contributed by atoms with Crippen molar-refractivity contribution in [3.63, 3.8) is 0 Å². The van der Waals surface area contributed by atoms with E-state index >= 15 is 0 Å². The molecule has 1 aliphatic carbocycles. The number of hydrogen-bond acceptors (Lipinski definition) is 6. The fourth-order valence-electron chi connectivity index (χ4n) is 3.15. The van der Waals surface area contributed by atoms with Gasteiger partial charge in [-0.25, -0.2) is 18.6 Å². The predicted molar refractivity (Wildman–Crippen MR) is 136 cm³/mol. The molecule has 204 valence electrons. The van der Waals surface area contributed by atoms with Gasteiger partial charge in [-0.15, -0.1) is 0 Å². The minimum atomic E-state index is -0.638. The summed E-state index contributed by atoms with van der Waals surface area (Å²) in [6.45, 7) is 8.65. The number of aromatic nitrogens is 1. The Labute approximate surface area is 216 Å². The van der Waals surface area contributed by atoms with E-state index in [4.69, 9.17) is 15.2 Å². The third-order valence-electron chi connectivity index (χ3n) is 4.92. The highest BCUT2D eigenvalue weighted by Crippen LogP contribution is 2.24. The van der Waals surface area contributed by atoms with Gasteiger partial charge in [0.2, 0.25) is 11.8 Å². The Kier molecular flexibility index (Phi) is 13.2. The number of alkyl carbamates (subject to hydrolysis) is 1. The van der Waals surface area contributed by atoms with E-state index in [2.05, 4.69) is 17.2 Å². The molecule has 2 aromatic rings. The quantitative estimate of drug-likeness (QED) is 0.470. The van der Waals surface area contributed by atoms with Gasteiger partial charge in [0, 0.05) is 0 Å². The number of hydrogen-bond donors (Lipinski definition) is 2. The smallest absolute Gasteiger partial charge is 0.408 e. The number of carbonyl (C=O) groups is 3. The molecule has 1 saturated carbocycles. The topological polar surface area (TPSA) is 121 Å². The first-order chi connectivity index (χ1) is 17.3. The van der Waals surface area contributed by atoms with E-state index < -0.39 is 29.2 Å². The van der Waals surface area contributed by atoms with Crippen LogP contribution in [0.3, 0.4) is 0 Å². The van der Waals surface area contributed by atoms with Crippen LogP contribution in [0.15, 0.2) is 36.5 Å². The molecule has 1 fully saturated rings. The van der Waals surface area contributed by atoms with E-state index in [-0.39, 0.29) is 23.8 Å². The van der Waals surface area contributed by atoms with Crippen LogP contribution in [0.4, 0.5) is 13.6 Å². The lowest BCUT2D eigenvalue weighted by Crippen LogP contribution is -2.37. The molecule has 1 aliphatic rings. The molecule has 37 heavy (non-hydrogen) atoms. The van der Waals surface area contributed by atoms with E-state index in [0.29, 0.717) is 5.75 Å². The molecule has 0 aliphatic heterocycles. The lowest BCUT2D eigenvalue weighted by molar-refractivity contribution is -0.117. The van der Waals surface area contributed by atoms with Crippen LogP contribution < -0.4 is 15.8 Å². The Morgan fingerprint density at radius 2 is 1.65 bits per heavy atom. The van der Waals surface area contributed by atoms with Gasteiger partial charge >= 0.3 is 6.09 Å². The summed E-state index contributed by atoms with van der Waals surface area (Å²) in [5.41, 5.74) is 4.28. The number of Topliss-reactive ketones (excluding diaryl/α,β-unsaturated/α-hetero) is 1. The van der Waals surface area contributed by atoms with E-state index in [1.165, 1.54) is 63.3 Å². The number of nitrogens with two attached hydrogens (primary N) is 1. The van der Waals surface area contributed by atoms with Crippen LogP contribution in [0.25, 0.3) is 0 Å². The normalized spacial score (nSPS) is 13.2. The molecule has 1 heterocycles. The largest absolute Gasteiger partial charge is 0.444 e. The zero-order valence-electron chi connectivity index (χ0n) is 22.1. The number of nitrogens with one attached hydrogen (secondary N) is 1. The molecule has 1 aromatic heterocycles.